The van der Waals surface area contributed by atoms with Crippen molar-refractivity contribution in [3.05, 3.63) is 22.8 Å². The van der Waals surface area contributed by atoms with Crippen molar-refractivity contribution in [2.45, 2.75) is 12.5 Å². The van der Waals surface area contributed by atoms with E-state index < -0.39 is 5.97 Å². The number of carboxylic acids is 1. The molecule has 1 aromatic heterocycles. The molecule has 1 heterocycles. The van der Waals surface area contributed by atoms with Crippen LogP contribution in [0.25, 0.3) is 0 Å². The molecule has 7 heteroatoms. The highest BCUT2D eigenvalue weighted by atomic mass is 35.5. The molecule has 1 atom stereocenters. The van der Waals surface area contributed by atoms with Crippen LogP contribution in [0.4, 0.5) is 5.82 Å². The fourth-order valence-electron chi connectivity index (χ4n) is 1.44. The minimum atomic E-state index is -1.11. The van der Waals surface area contributed by atoms with Crippen molar-refractivity contribution in [1.29, 1.82) is 0 Å². The van der Waals surface area contributed by atoms with Gasteiger partial charge in [0.25, 0.3) is 0 Å². The zero-order valence-corrected chi connectivity index (χ0v) is 10.6. The van der Waals surface area contributed by atoms with Gasteiger partial charge in [0, 0.05) is 19.9 Å². The lowest BCUT2D eigenvalue weighted by molar-refractivity contribution is 0.0697. The number of aromatic nitrogens is 1. The number of halogens is 1. The van der Waals surface area contributed by atoms with Crippen molar-refractivity contribution in [3.8, 4) is 0 Å². The molecule has 1 rings (SSSR count). The van der Waals surface area contributed by atoms with Crippen LogP contribution in [0.15, 0.2) is 12.3 Å². The lowest BCUT2D eigenvalue weighted by atomic mass is 10.2. The van der Waals surface area contributed by atoms with Crippen LogP contribution in [-0.2, 0) is 4.74 Å². The molecule has 0 saturated carbocycles. The zero-order valence-electron chi connectivity index (χ0n) is 9.89. The number of pyridine rings is 1. The van der Waals surface area contributed by atoms with E-state index in [-0.39, 0.29) is 23.2 Å². The van der Waals surface area contributed by atoms with Crippen molar-refractivity contribution >= 4 is 23.4 Å². The summed E-state index contributed by atoms with van der Waals surface area (Å²) in [7, 11) is 1.55. The Morgan fingerprint density at radius 1 is 1.67 bits per heavy atom. The average molecular weight is 275 g/mol. The Morgan fingerprint density at radius 2 is 2.39 bits per heavy atom. The molecule has 0 amide bonds. The Hall–Kier alpha value is -1.37. The Morgan fingerprint density at radius 3 is 2.94 bits per heavy atom. The van der Waals surface area contributed by atoms with Gasteiger partial charge in [0.2, 0.25) is 0 Å². The predicted octanol–water partition coefficient (Wildman–Crippen LogP) is 1.24. The molecular weight excluding hydrogens is 260 g/mol. The number of nitrogens with zero attached hydrogens (tertiary/aromatic N) is 1. The number of carboxylic acid groups (broad SMARTS) is 1. The van der Waals surface area contributed by atoms with Gasteiger partial charge in [0.15, 0.2) is 0 Å². The molecule has 0 aliphatic rings. The number of nitrogens with one attached hydrogen (secondary N) is 1. The molecule has 18 heavy (non-hydrogen) atoms. The van der Waals surface area contributed by atoms with Gasteiger partial charge in [-0.1, -0.05) is 11.6 Å². The summed E-state index contributed by atoms with van der Waals surface area (Å²) in [5.41, 5.74) is -0.0191. The number of methoxy groups -OCH3 is 1. The third kappa shape index (κ3) is 4.14. The molecule has 0 saturated heterocycles. The van der Waals surface area contributed by atoms with Crippen molar-refractivity contribution in [2.75, 3.05) is 25.6 Å². The second-order valence-corrected chi connectivity index (χ2v) is 4.07. The Bertz CT molecular complexity index is 408. The molecule has 0 aromatic carbocycles. The largest absolute Gasteiger partial charge is 0.478 e. The van der Waals surface area contributed by atoms with Crippen LogP contribution in [-0.4, -0.2) is 47.5 Å². The van der Waals surface area contributed by atoms with Gasteiger partial charge >= 0.3 is 5.97 Å². The Kier molecular flexibility index (Phi) is 5.84. The molecular formula is C11H15ClN2O4. The predicted molar refractivity (Wildman–Crippen MR) is 67.2 cm³/mol. The molecule has 6 nitrogen and oxygen atoms in total. The zero-order chi connectivity index (χ0) is 13.5. The summed E-state index contributed by atoms with van der Waals surface area (Å²) in [6.07, 6.45) is 1.75. The Labute approximate surface area is 110 Å². The maximum Gasteiger partial charge on any atom is 0.337 e. The first-order chi connectivity index (χ1) is 8.58. The molecule has 0 bridgehead atoms. The van der Waals surface area contributed by atoms with Crippen LogP contribution in [0, 0.1) is 0 Å². The van der Waals surface area contributed by atoms with Crippen LogP contribution in [0.1, 0.15) is 16.8 Å². The number of aliphatic hydroxyl groups is 1. The van der Waals surface area contributed by atoms with E-state index in [1.54, 1.807) is 7.11 Å². The van der Waals surface area contributed by atoms with Crippen LogP contribution in [0.3, 0.4) is 0 Å². The first-order valence-electron chi connectivity index (χ1n) is 5.33. The van der Waals surface area contributed by atoms with Gasteiger partial charge in [-0.2, -0.15) is 0 Å². The van der Waals surface area contributed by atoms with Crippen LogP contribution >= 0.6 is 11.6 Å². The third-order valence-corrected chi connectivity index (χ3v) is 2.58. The smallest absolute Gasteiger partial charge is 0.337 e. The van der Waals surface area contributed by atoms with E-state index >= 15 is 0 Å². The highest BCUT2D eigenvalue weighted by molar-refractivity contribution is 6.33. The van der Waals surface area contributed by atoms with Gasteiger partial charge in [-0.05, 0) is 12.5 Å². The SMILES string of the molecule is COCC(CCO)Nc1cc(C(=O)O)c(Cl)cn1. The molecule has 0 spiro atoms. The summed E-state index contributed by atoms with van der Waals surface area (Å²) < 4.78 is 4.99. The van der Waals surface area contributed by atoms with E-state index in [4.69, 9.17) is 26.6 Å². The average Bonchev–Trinajstić information content (AvgIpc) is 2.32. The fraction of sp³-hybridized carbons (Fsp3) is 0.455. The Balaban J connectivity index is 2.82. The minimum Gasteiger partial charge on any atom is -0.478 e. The fourth-order valence-corrected chi connectivity index (χ4v) is 1.63. The summed E-state index contributed by atoms with van der Waals surface area (Å²) in [5.74, 6) is -0.733. The second-order valence-electron chi connectivity index (χ2n) is 3.66. The van der Waals surface area contributed by atoms with E-state index in [1.165, 1.54) is 12.3 Å². The van der Waals surface area contributed by atoms with Gasteiger partial charge in [0.1, 0.15) is 5.82 Å². The molecule has 1 aromatic rings. The van der Waals surface area contributed by atoms with E-state index in [1.807, 2.05) is 0 Å². The molecule has 100 valence electrons. The van der Waals surface area contributed by atoms with Gasteiger partial charge in [-0.15, -0.1) is 0 Å². The number of rotatable bonds is 7. The highest BCUT2D eigenvalue weighted by Crippen LogP contribution is 2.18. The van der Waals surface area contributed by atoms with Crippen LogP contribution < -0.4 is 5.32 Å². The van der Waals surface area contributed by atoms with Gasteiger partial charge in [-0.3, -0.25) is 0 Å². The van der Waals surface area contributed by atoms with Crippen molar-refractivity contribution in [1.82, 2.24) is 4.98 Å². The number of hydrogen-bond acceptors (Lipinski definition) is 5. The van der Waals surface area contributed by atoms with E-state index in [2.05, 4.69) is 10.3 Å². The van der Waals surface area contributed by atoms with E-state index in [9.17, 15) is 4.79 Å². The summed E-state index contributed by atoms with van der Waals surface area (Å²) >= 11 is 5.71. The number of ether oxygens (including phenoxy) is 1. The number of carbonyl (C=O) groups is 1. The number of aliphatic hydroxyl groups excluding tert-OH is 1. The van der Waals surface area contributed by atoms with Crippen molar-refractivity contribution in [3.63, 3.8) is 0 Å². The maximum absolute atomic E-state index is 10.9. The first kappa shape index (κ1) is 14.7. The van der Waals surface area contributed by atoms with Gasteiger partial charge < -0.3 is 20.3 Å². The minimum absolute atomic E-state index is 0.000401. The summed E-state index contributed by atoms with van der Waals surface area (Å²) in [4.78, 5) is 14.9. The van der Waals surface area contributed by atoms with Gasteiger partial charge in [-0.25, -0.2) is 9.78 Å². The molecule has 0 fully saturated rings. The van der Waals surface area contributed by atoms with E-state index in [0.717, 1.165) is 0 Å². The van der Waals surface area contributed by atoms with E-state index in [0.29, 0.717) is 18.8 Å². The number of aromatic carboxylic acids is 1. The molecule has 0 aliphatic heterocycles. The van der Waals surface area contributed by atoms with Crippen LogP contribution in [0.5, 0.6) is 0 Å². The first-order valence-corrected chi connectivity index (χ1v) is 5.71. The molecule has 0 aliphatic carbocycles. The summed E-state index contributed by atoms with van der Waals surface area (Å²) in [5, 5.41) is 20.9. The second kappa shape index (κ2) is 7.15. The maximum atomic E-state index is 10.9. The molecule has 1 unspecified atom stereocenters. The summed E-state index contributed by atoms with van der Waals surface area (Å²) in [6, 6.07) is 1.21. The molecule has 0 radical (unpaired) electrons. The van der Waals surface area contributed by atoms with Crippen molar-refractivity contribution < 1.29 is 19.7 Å². The number of hydrogen-bond donors (Lipinski definition) is 3. The quantitative estimate of drug-likeness (QED) is 0.693. The number of anilines is 1. The van der Waals surface area contributed by atoms with Crippen molar-refractivity contribution in [2.24, 2.45) is 0 Å². The lowest BCUT2D eigenvalue weighted by Gasteiger charge is -2.17. The topological polar surface area (TPSA) is 91.7 Å². The third-order valence-electron chi connectivity index (χ3n) is 2.28. The normalized spacial score (nSPS) is 12.2. The molecule has 3 N–H and O–H groups in total. The standard InChI is InChI=1S/C11H15ClN2O4/c1-18-6-7(2-3-15)14-10-4-8(11(16)17)9(12)5-13-10/h4-5,7,15H,2-3,6H2,1H3,(H,13,14)(H,16,17). The monoisotopic (exact) mass is 274 g/mol. The lowest BCUT2D eigenvalue weighted by Crippen LogP contribution is -2.26. The summed E-state index contributed by atoms with van der Waals surface area (Å²) in [6.45, 7) is 0.383. The van der Waals surface area contributed by atoms with Gasteiger partial charge in [0.05, 0.1) is 23.2 Å². The van der Waals surface area contributed by atoms with Crippen LogP contribution in [0.2, 0.25) is 5.02 Å². The highest BCUT2D eigenvalue weighted by Gasteiger charge is 2.13.